The lowest BCUT2D eigenvalue weighted by Crippen LogP contribution is -2.32. The molecule has 1 atom stereocenters. The minimum absolute atomic E-state index is 0.00151. The summed E-state index contributed by atoms with van der Waals surface area (Å²) in [5.74, 6) is -0.0859. The third kappa shape index (κ3) is 5.19. The Labute approximate surface area is 145 Å². The van der Waals surface area contributed by atoms with E-state index in [4.69, 9.17) is 0 Å². The largest absolute Gasteiger partial charge is 0.396 e. The second-order valence-corrected chi connectivity index (χ2v) is 6.83. The van der Waals surface area contributed by atoms with Gasteiger partial charge in [-0.1, -0.05) is 45.8 Å². The van der Waals surface area contributed by atoms with Crippen LogP contribution in [0.2, 0.25) is 0 Å². The molecule has 0 unspecified atom stereocenters. The van der Waals surface area contributed by atoms with Gasteiger partial charge in [-0.25, -0.2) is 0 Å². The van der Waals surface area contributed by atoms with E-state index in [0.717, 1.165) is 27.6 Å². The maximum Gasteiger partial charge on any atom is 0.251 e. The Morgan fingerprint density at radius 3 is 2.70 bits per heavy atom. The molecule has 0 aliphatic carbocycles. The third-order valence-electron chi connectivity index (χ3n) is 3.86. The maximum absolute atomic E-state index is 12.3. The summed E-state index contributed by atoms with van der Waals surface area (Å²) in [5, 5.41) is 12.5. The molecule has 23 heavy (non-hydrogen) atoms. The number of benzene rings is 2. The van der Waals surface area contributed by atoms with Gasteiger partial charge >= 0.3 is 0 Å². The van der Waals surface area contributed by atoms with Gasteiger partial charge in [0, 0.05) is 29.1 Å². The zero-order valence-corrected chi connectivity index (χ0v) is 15.1. The van der Waals surface area contributed by atoms with E-state index < -0.39 is 0 Å². The highest BCUT2D eigenvalue weighted by Crippen LogP contribution is 2.15. The molecule has 0 saturated carbocycles. The number of hydrogen-bond donors (Lipinski definition) is 2. The number of aryl methyl sites for hydroxylation is 2. The molecule has 122 valence electrons. The molecule has 0 saturated heterocycles. The van der Waals surface area contributed by atoms with Crippen molar-refractivity contribution in [2.45, 2.75) is 20.3 Å². The van der Waals surface area contributed by atoms with Gasteiger partial charge in [-0.2, -0.15) is 0 Å². The normalized spacial score (nSPS) is 12.0. The van der Waals surface area contributed by atoms with E-state index in [9.17, 15) is 9.90 Å². The molecular formula is C19H22BrNO2. The smallest absolute Gasteiger partial charge is 0.251 e. The fourth-order valence-electron chi connectivity index (χ4n) is 2.51. The topological polar surface area (TPSA) is 49.3 Å². The first-order valence-corrected chi connectivity index (χ1v) is 8.49. The van der Waals surface area contributed by atoms with Crippen molar-refractivity contribution in [3.63, 3.8) is 0 Å². The predicted molar refractivity (Wildman–Crippen MR) is 96.7 cm³/mol. The maximum atomic E-state index is 12.3. The van der Waals surface area contributed by atoms with Gasteiger partial charge in [-0.15, -0.1) is 0 Å². The first-order valence-electron chi connectivity index (χ1n) is 7.70. The number of carbonyl (C=O) groups excluding carboxylic acids is 1. The summed E-state index contributed by atoms with van der Waals surface area (Å²) in [6.07, 6.45) is 0.725. The van der Waals surface area contributed by atoms with Gasteiger partial charge in [0.15, 0.2) is 0 Å². The monoisotopic (exact) mass is 375 g/mol. The lowest BCUT2D eigenvalue weighted by atomic mass is 9.99. The van der Waals surface area contributed by atoms with Crippen LogP contribution >= 0.6 is 15.9 Å². The second-order valence-electron chi connectivity index (χ2n) is 5.91. The van der Waals surface area contributed by atoms with E-state index in [2.05, 4.69) is 21.2 Å². The lowest BCUT2D eigenvalue weighted by Gasteiger charge is -2.16. The molecule has 2 aromatic carbocycles. The first kappa shape index (κ1) is 17.7. The minimum atomic E-state index is -0.0844. The molecule has 0 fully saturated rings. The number of hydrogen-bond acceptors (Lipinski definition) is 2. The van der Waals surface area contributed by atoms with Crippen LogP contribution in [0.25, 0.3) is 0 Å². The third-order valence-corrected chi connectivity index (χ3v) is 4.35. The van der Waals surface area contributed by atoms with E-state index in [0.29, 0.717) is 12.1 Å². The molecule has 0 aliphatic heterocycles. The Morgan fingerprint density at radius 2 is 2.00 bits per heavy atom. The summed E-state index contributed by atoms with van der Waals surface area (Å²) in [4.78, 5) is 12.3. The molecule has 2 rings (SSSR count). The Morgan fingerprint density at radius 1 is 1.22 bits per heavy atom. The Kier molecular flexibility index (Phi) is 6.37. The fraction of sp³-hybridized carbons (Fsp3) is 0.316. The number of nitrogens with one attached hydrogen (secondary N) is 1. The zero-order valence-electron chi connectivity index (χ0n) is 13.5. The van der Waals surface area contributed by atoms with Crippen molar-refractivity contribution in [3.05, 3.63) is 69.2 Å². The van der Waals surface area contributed by atoms with Gasteiger partial charge in [0.1, 0.15) is 0 Å². The van der Waals surface area contributed by atoms with Gasteiger partial charge in [0.05, 0.1) is 0 Å². The number of carbonyl (C=O) groups is 1. The van der Waals surface area contributed by atoms with Crippen molar-refractivity contribution in [2.24, 2.45) is 5.92 Å². The molecule has 0 bridgehead atoms. The molecular weight excluding hydrogens is 354 g/mol. The highest BCUT2D eigenvalue weighted by atomic mass is 79.9. The molecule has 0 aliphatic rings. The van der Waals surface area contributed by atoms with Crippen molar-refractivity contribution in [2.75, 3.05) is 13.2 Å². The van der Waals surface area contributed by atoms with E-state index in [-0.39, 0.29) is 18.4 Å². The standard InChI is InChI=1S/C19H22BrNO2/c1-13-6-7-14(2)18(8-13)19(23)21-11-16(12-22)9-15-4-3-5-17(20)10-15/h3-8,10,16,22H,9,11-12H2,1-2H3,(H,21,23)/t16-/m0/s1. The summed E-state index contributed by atoms with van der Waals surface area (Å²) in [6, 6.07) is 13.9. The second kappa shape index (κ2) is 8.27. The first-order chi connectivity index (χ1) is 11.0. The van der Waals surface area contributed by atoms with Crippen LogP contribution in [0.1, 0.15) is 27.0 Å². The number of halogens is 1. The van der Waals surface area contributed by atoms with E-state index in [1.54, 1.807) is 0 Å². The fourth-order valence-corrected chi connectivity index (χ4v) is 2.96. The molecule has 0 radical (unpaired) electrons. The van der Waals surface area contributed by atoms with Gasteiger partial charge < -0.3 is 10.4 Å². The molecule has 0 aromatic heterocycles. The summed E-state index contributed by atoms with van der Waals surface area (Å²) in [5.41, 5.74) is 3.86. The van der Waals surface area contributed by atoms with Crippen molar-refractivity contribution < 1.29 is 9.90 Å². The van der Waals surface area contributed by atoms with Crippen LogP contribution in [-0.4, -0.2) is 24.2 Å². The van der Waals surface area contributed by atoms with Crippen LogP contribution in [0.4, 0.5) is 0 Å². The van der Waals surface area contributed by atoms with E-state index in [1.807, 2.05) is 56.3 Å². The van der Waals surface area contributed by atoms with Crippen LogP contribution in [-0.2, 0) is 6.42 Å². The number of aliphatic hydroxyl groups excluding tert-OH is 1. The number of rotatable bonds is 6. The molecule has 1 amide bonds. The average Bonchev–Trinajstić information content (AvgIpc) is 2.53. The minimum Gasteiger partial charge on any atom is -0.396 e. The van der Waals surface area contributed by atoms with Crippen LogP contribution < -0.4 is 5.32 Å². The molecule has 0 spiro atoms. The summed E-state index contributed by atoms with van der Waals surface area (Å²) in [6.45, 7) is 4.40. The van der Waals surface area contributed by atoms with Crippen LogP contribution in [0.5, 0.6) is 0 Å². The molecule has 3 nitrogen and oxygen atoms in total. The van der Waals surface area contributed by atoms with Crippen molar-refractivity contribution in [1.82, 2.24) is 5.32 Å². The van der Waals surface area contributed by atoms with Gasteiger partial charge in [-0.3, -0.25) is 4.79 Å². The Bertz CT molecular complexity index is 685. The average molecular weight is 376 g/mol. The Balaban J connectivity index is 1.97. The molecule has 4 heteroatoms. The van der Waals surface area contributed by atoms with Crippen molar-refractivity contribution in [3.8, 4) is 0 Å². The van der Waals surface area contributed by atoms with E-state index in [1.165, 1.54) is 0 Å². The van der Waals surface area contributed by atoms with Crippen molar-refractivity contribution >= 4 is 21.8 Å². The van der Waals surface area contributed by atoms with E-state index >= 15 is 0 Å². The van der Waals surface area contributed by atoms with Crippen LogP contribution in [0.15, 0.2) is 46.9 Å². The molecule has 0 heterocycles. The number of amides is 1. The number of aliphatic hydroxyl groups is 1. The molecule has 2 aromatic rings. The Hall–Kier alpha value is -1.65. The quantitative estimate of drug-likeness (QED) is 0.809. The molecule has 2 N–H and O–H groups in total. The summed E-state index contributed by atoms with van der Waals surface area (Å²) in [7, 11) is 0. The van der Waals surface area contributed by atoms with Crippen LogP contribution in [0, 0.1) is 19.8 Å². The van der Waals surface area contributed by atoms with Gasteiger partial charge in [-0.05, 0) is 49.6 Å². The highest BCUT2D eigenvalue weighted by Gasteiger charge is 2.13. The summed E-state index contributed by atoms with van der Waals surface area (Å²) >= 11 is 3.45. The van der Waals surface area contributed by atoms with Gasteiger partial charge in [0.25, 0.3) is 5.91 Å². The highest BCUT2D eigenvalue weighted by molar-refractivity contribution is 9.10. The zero-order chi connectivity index (χ0) is 16.8. The van der Waals surface area contributed by atoms with Crippen LogP contribution in [0.3, 0.4) is 0 Å². The lowest BCUT2D eigenvalue weighted by molar-refractivity contribution is 0.0939. The van der Waals surface area contributed by atoms with Crippen molar-refractivity contribution in [1.29, 1.82) is 0 Å². The predicted octanol–water partition coefficient (Wildman–Crippen LogP) is 3.65. The SMILES string of the molecule is Cc1ccc(C)c(C(=O)NC[C@@H](CO)Cc2cccc(Br)c2)c1. The van der Waals surface area contributed by atoms with Gasteiger partial charge in [0.2, 0.25) is 0 Å². The summed E-state index contributed by atoms with van der Waals surface area (Å²) < 4.78 is 1.02.